The maximum atomic E-state index is 14.0. The average Bonchev–Trinajstić information content (AvgIpc) is 3.50. The molecule has 3 aliphatic heterocycles. The normalized spacial score (nSPS) is 19.5. The number of hydrogen-bond donors (Lipinski definition) is 3. The molecule has 6 rings (SSSR count). The fourth-order valence-corrected chi connectivity index (χ4v) is 7.88. The number of carbonyl (C=O) groups is 2. The molecule has 50 heavy (non-hydrogen) atoms. The van der Waals surface area contributed by atoms with Gasteiger partial charge in [0.25, 0.3) is 0 Å². The number of aromatic nitrogens is 3. The number of amides is 3. The van der Waals surface area contributed by atoms with E-state index in [0.717, 1.165) is 50.4 Å². The third-order valence-corrected chi connectivity index (χ3v) is 10.9. The lowest BCUT2D eigenvalue weighted by molar-refractivity contribution is -0.137. The number of alkyl halides is 3. The zero-order chi connectivity index (χ0) is 35.6. The molecule has 0 unspecified atom stereocenters. The van der Waals surface area contributed by atoms with Crippen molar-refractivity contribution in [2.24, 2.45) is 11.8 Å². The van der Waals surface area contributed by atoms with E-state index in [1.54, 1.807) is 9.80 Å². The van der Waals surface area contributed by atoms with Gasteiger partial charge in [0.05, 0.1) is 22.3 Å². The van der Waals surface area contributed by atoms with Gasteiger partial charge in [-0.05, 0) is 88.2 Å². The van der Waals surface area contributed by atoms with E-state index < -0.39 is 29.5 Å². The number of H-pyrrole nitrogens is 1. The third-order valence-electron chi connectivity index (χ3n) is 10.6. The molecule has 3 amide bonds. The maximum absolute atomic E-state index is 14.0. The van der Waals surface area contributed by atoms with Crippen LogP contribution in [0.2, 0.25) is 5.02 Å². The van der Waals surface area contributed by atoms with Gasteiger partial charge in [0, 0.05) is 38.2 Å². The Labute approximate surface area is 293 Å². The van der Waals surface area contributed by atoms with Gasteiger partial charge in [0.1, 0.15) is 6.04 Å². The van der Waals surface area contributed by atoms with Crippen LogP contribution < -0.4 is 16.7 Å². The van der Waals surface area contributed by atoms with Crippen LogP contribution in [0.5, 0.6) is 0 Å². The first-order valence-electron chi connectivity index (χ1n) is 17.3. The number of halogens is 4. The van der Waals surface area contributed by atoms with Crippen molar-refractivity contribution < 1.29 is 22.8 Å². The van der Waals surface area contributed by atoms with E-state index in [2.05, 4.69) is 27.3 Å². The van der Waals surface area contributed by atoms with E-state index in [9.17, 15) is 27.6 Å². The number of benzene rings is 2. The SMILES string of the molecule is CN1CCC(C2CCN(C(=O)[C@@H](Cc3cc(Cl)c(N)c(C(F)(F)F)c3)NC(=O)N3CCC(n4nc(-c5ccccc5)[nH]c4=O)CC3)CC2)CC1. The second kappa shape index (κ2) is 15.1. The van der Waals surface area contributed by atoms with Crippen molar-refractivity contribution in [3.05, 3.63) is 69.1 Å². The molecule has 3 fully saturated rings. The number of carbonyl (C=O) groups excluding carboxylic acids is 2. The van der Waals surface area contributed by atoms with E-state index in [1.165, 1.54) is 10.7 Å². The fourth-order valence-electron chi connectivity index (χ4n) is 7.64. The first-order chi connectivity index (χ1) is 23.9. The van der Waals surface area contributed by atoms with Crippen LogP contribution in [-0.4, -0.2) is 93.8 Å². The molecule has 1 atom stereocenters. The number of likely N-dealkylation sites (tertiary alicyclic amines) is 3. The van der Waals surface area contributed by atoms with Crippen molar-refractivity contribution in [1.29, 1.82) is 0 Å². The van der Waals surface area contributed by atoms with Crippen LogP contribution >= 0.6 is 11.6 Å². The predicted octanol–water partition coefficient (Wildman–Crippen LogP) is 5.03. The molecule has 0 radical (unpaired) electrons. The smallest absolute Gasteiger partial charge is 0.397 e. The van der Waals surface area contributed by atoms with Crippen LogP contribution in [-0.2, 0) is 17.4 Å². The zero-order valence-corrected chi connectivity index (χ0v) is 28.8. The molecule has 2 aromatic carbocycles. The van der Waals surface area contributed by atoms with Gasteiger partial charge in [-0.25, -0.2) is 14.3 Å². The van der Waals surface area contributed by atoms with E-state index >= 15 is 0 Å². The molecule has 3 saturated heterocycles. The first-order valence-corrected chi connectivity index (χ1v) is 17.7. The average molecular weight is 717 g/mol. The number of nitrogens with one attached hydrogen (secondary N) is 2. The van der Waals surface area contributed by atoms with Gasteiger partial charge in [0.15, 0.2) is 5.82 Å². The summed E-state index contributed by atoms with van der Waals surface area (Å²) in [6, 6.07) is 9.67. The lowest BCUT2D eigenvalue weighted by Gasteiger charge is -2.40. The van der Waals surface area contributed by atoms with E-state index in [0.29, 0.717) is 56.7 Å². The van der Waals surface area contributed by atoms with Crippen LogP contribution in [0.1, 0.15) is 55.7 Å². The lowest BCUT2D eigenvalue weighted by Crippen LogP contribution is -2.55. The summed E-state index contributed by atoms with van der Waals surface area (Å²) < 4.78 is 42.8. The molecular weight excluding hydrogens is 673 g/mol. The summed E-state index contributed by atoms with van der Waals surface area (Å²) in [5.41, 5.74) is 4.59. The molecule has 15 heteroatoms. The van der Waals surface area contributed by atoms with Gasteiger partial charge in [-0.15, -0.1) is 5.10 Å². The summed E-state index contributed by atoms with van der Waals surface area (Å²) in [6.07, 6.45) is -0.0674. The van der Waals surface area contributed by atoms with E-state index in [4.69, 9.17) is 17.3 Å². The Balaban J connectivity index is 1.14. The van der Waals surface area contributed by atoms with Crippen LogP contribution in [0, 0.1) is 11.8 Å². The predicted molar refractivity (Wildman–Crippen MR) is 185 cm³/mol. The highest BCUT2D eigenvalue weighted by Gasteiger charge is 2.37. The van der Waals surface area contributed by atoms with Crippen molar-refractivity contribution in [1.82, 2.24) is 34.8 Å². The van der Waals surface area contributed by atoms with Gasteiger partial charge in [-0.3, -0.25) is 9.78 Å². The Morgan fingerprint density at radius 1 is 0.960 bits per heavy atom. The molecule has 0 saturated carbocycles. The quantitative estimate of drug-likeness (QED) is 0.294. The Hall–Kier alpha value is -4.04. The minimum Gasteiger partial charge on any atom is -0.397 e. The van der Waals surface area contributed by atoms with E-state index in [1.807, 2.05) is 30.3 Å². The Kier molecular flexibility index (Phi) is 10.8. The third kappa shape index (κ3) is 8.12. The number of anilines is 1. The highest BCUT2D eigenvalue weighted by atomic mass is 35.5. The van der Waals surface area contributed by atoms with Gasteiger partial charge in [-0.2, -0.15) is 13.2 Å². The molecule has 0 spiro atoms. The number of nitrogen functional groups attached to an aromatic ring is 1. The van der Waals surface area contributed by atoms with Crippen molar-refractivity contribution in [2.45, 2.75) is 63.2 Å². The minimum absolute atomic E-state index is 0.141. The summed E-state index contributed by atoms with van der Waals surface area (Å²) in [4.78, 5) is 48.8. The van der Waals surface area contributed by atoms with Crippen molar-refractivity contribution in [3.63, 3.8) is 0 Å². The number of urea groups is 1. The topological polar surface area (TPSA) is 133 Å². The molecule has 3 aliphatic rings. The summed E-state index contributed by atoms with van der Waals surface area (Å²) in [7, 11) is 2.13. The zero-order valence-electron chi connectivity index (χ0n) is 28.1. The monoisotopic (exact) mass is 716 g/mol. The number of hydrogen-bond acceptors (Lipinski definition) is 6. The van der Waals surface area contributed by atoms with Gasteiger partial charge >= 0.3 is 17.9 Å². The van der Waals surface area contributed by atoms with Gasteiger partial charge in [-0.1, -0.05) is 41.9 Å². The lowest BCUT2D eigenvalue weighted by atomic mass is 9.79. The molecule has 0 bridgehead atoms. The summed E-state index contributed by atoms with van der Waals surface area (Å²) in [5, 5.41) is 7.07. The molecule has 0 aliphatic carbocycles. The number of rotatable bonds is 7. The molecule has 11 nitrogen and oxygen atoms in total. The molecular formula is C35H44ClF3N8O3. The minimum atomic E-state index is -4.75. The van der Waals surface area contributed by atoms with Crippen LogP contribution in [0.25, 0.3) is 11.4 Å². The maximum Gasteiger partial charge on any atom is 0.418 e. The summed E-state index contributed by atoms with van der Waals surface area (Å²) in [6.45, 7) is 3.76. The van der Waals surface area contributed by atoms with Crippen molar-refractivity contribution in [3.8, 4) is 11.4 Å². The molecule has 4 heterocycles. The van der Waals surface area contributed by atoms with Gasteiger partial charge in [0.2, 0.25) is 5.91 Å². The molecule has 4 N–H and O–H groups in total. The largest absolute Gasteiger partial charge is 0.418 e. The number of aromatic amines is 1. The van der Waals surface area contributed by atoms with Crippen LogP contribution in [0.3, 0.4) is 0 Å². The number of nitrogens with two attached hydrogens (primary N) is 1. The van der Waals surface area contributed by atoms with Crippen molar-refractivity contribution in [2.75, 3.05) is 52.0 Å². The Morgan fingerprint density at radius 2 is 1.56 bits per heavy atom. The standard InChI is InChI=1S/C35H44ClF3N8O3/c1-44-13-7-23(8-14-44)24-9-15-45(16-10-24)32(48)29(21-22-19-27(35(37,38)39)30(40)28(36)20-22)41-33(49)46-17-11-26(12-18-46)47-34(50)42-31(43-47)25-5-3-2-4-6-25/h2-6,19-20,23-24,26,29H,7-18,21,40H2,1H3,(H,41,49)(H,42,43,50)/t29-/m1/s1. The second-order valence-electron chi connectivity index (χ2n) is 13.9. The molecule has 3 aromatic rings. The Bertz CT molecular complexity index is 1710. The van der Waals surface area contributed by atoms with Gasteiger partial charge < -0.3 is 25.8 Å². The molecule has 270 valence electrons. The van der Waals surface area contributed by atoms with E-state index in [-0.39, 0.29) is 34.6 Å². The number of piperidine rings is 3. The second-order valence-corrected chi connectivity index (χ2v) is 14.3. The first kappa shape index (κ1) is 35.8. The summed E-state index contributed by atoms with van der Waals surface area (Å²) >= 11 is 6.12. The highest BCUT2D eigenvalue weighted by molar-refractivity contribution is 6.33. The summed E-state index contributed by atoms with van der Waals surface area (Å²) in [5.74, 6) is 1.25. The number of nitrogens with zero attached hydrogens (tertiary/aromatic N) is 5. The van der Waals surface area contributed by atoms with Crippen molar-refractivity contribution >= 4 is 29.2 Å². The van der Waals surface area contributed by atoms with Crippen LogP contribution in [0.15, 0.2) is 47.3 Å². The highest BCUT2D eigenvalue weighted by Crippen LogP contribution is 2.38. The Morgan fingerprint density at radius 3 is 2.18 bits per heavy atom. The van der Waals surface area contributed by atoms with Crippen LogP contribution in [0.4, 0.5) is 23.7 Å². The fraction of sp³-hybridized carbons (Fsp3) is 0.543. The molecule has 1 aromatic heterocycles.